The fourth-order valence-corrected chi connectivity index (χ4v) is 6.35. The first-order chi connectivity index (χ1) is 21.1. The molecule has 0 unspecified atom stereocenters. The average Bonchev–Trinajstić information content (AvgIpc) is 3.00. The molecule has 0 bridgehead atoms. The molecule has 2 aromatic carbocycles. The molecule has 2 fully saturated rings. The summed E-state index contributed by atoms with van der Waals surface area (Å²) in [7, 11) is 0. The molecule has 0 aromatic heterocycles. The van der Waals surface area contributed by atoms with E-state index in [1.807, 2.05) is 35.2 Å². The van der Waals surface area contributed by atoms with Crippen molar-refractivity contribution < 1.29 is 32.3 Å². The standard InChI is InChI=1S/C33H39F3N4O4/c34-33(35,36)25-9-11-26(12-10-25)37-29(41)22-40-17-13-27-24(21-40)8-4-5-14-32(15-18-44-19-16-32)31(43)39-28(30(42)38-27)20-23-6-2-1-3-7-23/h1-7,9-12,24,27-28H,8,13-22H2,(H,37,41)(H,38,42)(H,39,43)/b5-4+/t24-,27+,28-/m1/s1. The van der Waals surface area contributed by atoms with Crippen LogP contribution in [-0.2, 0) is 31.7 Å². The molecule has 3 aliphatic heterocycles. The number of carbonyl (C=O) groups excluding carboxylic acids is 3. The predicted molar refractivity (Wildman–Crippen MR) is 159 cm³/mol. The van der Waals surface area contributed by atoms with Crippen LogP contribution in [-0.4, -0.2) is 67.6 Å². The van der Waals surface area contributed by atoms with E-state index in [0.29, 0.717) is 70.5 Å². The number of anilines is 1. The third-order valence-electron chi connectivity index (χ3n) is 8.96. The summed E-state index contributed by atoms with van der Waals surface area (Å²) in [4.78, 5) is 42.2. The quantitative estimate of drug-likeness (QED) is 0.437. The maximum Gasteiger partial charge on any atom is 0.416 e. The summed E-state index contributed by atoms with van der Waals surface area (Å²) in [6.07, 6.45) is 3.06. The fraction of sp³-hybridized carbons (Fsp3) is 0.485. The van der Waals surface area contributed by atoms with Crippen LogP contribution in [0.15, 0.2) is 66.7 Å². The van der Waals surface area contributed by atoms with Crippen molar-refractivity contribution >= 4 is 23.4 Å². The fourth-order valence-electron chi connectivity index (χ4n) is 6.35. The van der Waals surface area contributed by atoms with E-state index in [-0.39, 0.29) is 36.2 Å². The Bertz CT molecular complexity index is 1330. The number of alkyl halides is 3. The van der Waals surface area contributed by atoms with Gasteiger partial charge < -0.3 is 20.7 Å². The lowest BCUT2D eigenvalue weighted by molar-refractivity contribution is -0.140. The van der Waals surface area contributed by atoms with Crippen molar-refractivity contribution in [2.75, 3.05) is 38.2 Å². The number of fused-ring (bicyclic) bond motifs is 1. The molecular formula is C33H39F3N4O4. The van der Waals surface area contributed by atoms with Gasteiger partial charge in [-0.1, -0.05) is 42.5 Å². The molecule has 5 rings (SSSR count). The number of nitrogens with zero attached hydrogens (tertiary/aromatic N) is 1. The highest BCUT2D eigenvalue weighted by Crippen LogP contribution is 2.36. The Morgan fingerprint density at radius 2 is 1.73 bits per heavy atom. The van der Waals surface area contributed by atoms with Crippen LogP contribution in [0.5, 0.6) is 0 Å². The van der Waals surface area contributed by atoms with E-state index >= 15 is 0 Å². The smallest absolute Gasteiger partial charge is 0.381 e. The molecule has 44 heavy (non-hydrogen) atoms. The first-order valence-corrected chi connectivity index (χ1v) is 15.2. The number of hydrogen-bond donors (Lipinski definition) is 3. The van der Waals surface area contributed by atoms with Crippen molar-refractivity contribution in [2.45, 2.75) is 56.8 Å². The van der Waals surface area contributed by atoms with E-state index in [2.05, 4.69) is 28.1 Å². The van der Waals surface area contributed by atoms with Gasteiger partial charge >= 0.3 is 6.18 Å². The highest BCUT2D eigenvalue weighted by Gasteiger charge is 2.41. The van der Waals surface area contributed by atoms with Gasteiger partial charge in [-0.25, -0.2) is 0 Å². The Morgan fingerprint density at radius 3 is 2.43 bits per heavy atom. The Labute approximate surface area is 255 Å². The molecule has 0 radical (unpaired) electrons. The minimum absolute atomic E-state index is 0.0287. The maximum absolute atomic E-state index is 13.7. The number of hydrogen-bond acceptors (Lipinski definition) is 5. The third kappa shape index (κ3) is 8.06. The first kappa shape index (κ1) is 31.7. The van der Waals surface area contributed by atoms with Gasteiger partial charge in [0, 0.05) is 44.5 Å². The van der Waals surface area contributed by atoms with Crippen LogP contribution in [0, 0.1) is 11.3 Å². The number of piperidine rings is 1. The Balaban J connectivity index is 1.28. The molecule has 8 nitrogen and oxygen atoms in total. The predicted octanol–water partition coefficient (Wildman–Crippen LogP) is 4.32. The van der Waals surface area contributed by atoms with Crippen LogP contribution in [0.1, 0.15) is 43.2 Å². The minimum atomic E-state index is -4.44. The molecule has 3 heterocycles. The average molecular weight is 613 g/mol. The molecule has 236 valence electrons. The summed E-state index contributed by atoms with van der Waals surface area (Å²) in [6.45, 7) is 2.18. The van der Waals surface area contributed by atoms with Crippen molar-refractivity contribution in [3.05, 3.63) is 77.9 Å². The molecule has 0 saturated carbocycles. The Hall–Kier alpha value is -3.70. The summed E-state index contributed by atoms with van der Waals surface area (Å²) in [5.74, 6) is -0.631. The van der Waals surface area contributed by atoms with Gasteiger partial charge in [0.2, 0.25) is 17.7 Å². The number of ether oxygens (including phenoxy) is 1. The molecule has 2 saturated heterocycles. The van der Waals surface area contributed by atoms with Gasteiger partial charge in [-0.05, 0) is 67.9 Å². The van der Waals surface area contributed by atoms with Gasteiger partial charge in [-0.2, -0.15) is 13.2 Å². The number of benzene rings is 2. The van der Waals surface area contributed by atoms with Crippen LogP contribution < -0.4 is 16.0 Å². The first-order valence-electron chi connectivity index (χ1n) is 15.2. The number of likely N-dealkylation sites (tertiary alicyclic amines) is 1. The van der Waals surface area contributed by atoms with E-state index in [1.54, 1.807) is 0 Å². The van der Waals surface area contributed by atoms with E-state index in [0.717, 1.165) is 17.7 Å². The van der Waals surface area contributed by atoms with Crippen molar-refractivity contribution in [1.82, 2.24) is 15.5 Å². The van der Waals surface area contributed by atoms with Crippen molar-refractivity contribution in [3.63, 3.8) is 0 Å². The molecular weight excluding hydrogens is 573 g/mol. The largest absolute Gasteiger partial charge is 0.416 e. The number of amides is 3. The number of nitrogens with one attached hydrogen (secondary N) is 3. The molecule has 3 atom stereocenters. The SMILES string of the molecule is O=C(CN1CC[C@@H]2NC(=O)[C@@H](Cc3ccccc3)NC(=O)C3(C/C=C/C[C@@H]2C1)CCOCC3)Nc1ccc(C(F)(F)F)cc1. The van der Waals surface area contributed by atoms with Crippen LogP contribution in [0.3, 0.4) is 0 Å². The minimum Gasteiger partial charge on any atom is -0.381 e. The lowest BCUT2D eigenvalue weighted by Crippen LogP contribution is -2.58. The summed E-state index contributed by atoms with van der Waals surface area (Å²) < 4.78 is 44.2. The normalized spacial score (nSPS) is 25.5. The Morgan fingerprint density at radius 1 is 1.00 bits per heavy atom. The van der Waals surface area contributed by atoms with Gasteiger partial charge in [0.25, 0.3) is 0 Å². The van der Waals surface area contributed by atoms with E-state index < -0.39 is 23.2 Å². The van der Waals surface area contributed by atoms with Crippen molar-refractivity contribution in [3.8, 4) is 0 Å². The Kier molecular flexibility index (Phi) is 10.1. The van der Waals surface area contributed by atoms with Crippen LogP contribution >= 0.6 is 0 Å². The topological polar surface area (TPSA) is 99.8 Å². The summed E-state index contributed by atoms with van der Waals surface area (Å²) >= 11 is 0. The van der Waals surface area contributed by atoms with Gasteiger partial charge in [0.1, 0.15) is 6.04 Å². The zero-order valence-corrected chi connectivity index (χ0v) is 24.6. The van der Waals surface area contributed by atoms with Gasteiger partial charge in [0.05, 0.1) is 17.5 Å². The summed E-state index contributed by atoms with van der Waals surface area (Å²) in [5, 5.41) is 9.00. The molecule has 1 spiro atoms. The second kappa shape index (κ2) is 13.9. The zero-order chi connectivity index (χ0) is 31.2. The van der Waals surface area contributed by atoms with E-state index in [1.165, 1.54) is 12.1 Å². The molecule has 11 heteroatoms. The maximum atomic E-state index is 13.7. The van der Waals surface area contributed by atoms with Gasteiger partial charge in [-0.3, -0.25) is 19.3 Å². The number of rotatable bonds is 5. The van der Waals surface area contributed by atoms with Crippen LogP contribution in [0.25, 0.3) is 0 Å². The van der Waals surface area contributed by atoms with Gasteiger partial charge in [-0.15, -0.1) is 0 Å². The summed E-state index contributed by atoms with van der Waals surface area (Å²) in [5.41, 5.74) is -0.167. The number of allylic oxidation sites excluding steroid dienone is 2. The molecule has 3 N–H and O–H groups in total. The van der Waals surface area contributed by atoms with Crippen LogP contribution in [0.2, 0.25) is 0 Å². The lowest BCUT2D eigenvalue weighted by Gasteiger charge is -2.40. The zero-order valence-electron chi connectivity index (χ0n) is 24.6. The summed E-state index contributed by atoms with van der Waals surface area (Å²) in [6, 6.07) is 13.1. The second-order valence-corrected chi connectivity index (χ2v) is 12.0. The highest BCUT2D eigenvalue weighted by molar-refractivity contribution is 5.92. The molecule has 3 amide bonds. The van der Waals surface area contributed by atoms with Gasteiger partial charge in [0.15, 0.2) is 0 Å². The molecule has 2 aromatic rings. The van der Waals surface area contributed by atoms with E-state index in [4.69, 9.17) is 4.74 Å². The monoisotopic (exact) mass is 612 g/mol. The van der Waals surface area contributed by atoms with E-state index in [9.17, 15) is 27.6 Å². The lowest BCUT2D eigenvalue weighted by atomic mass is 9.75. The molecule has 3 aliphatic rings. The highest BCUT2D eigenvalue weighted by atomic mass is 19.4. The number of halogens is 3. The third-order valence-corrected chi connectivity index (χ3v) is 8.96. The number of carbonyl (C=O) groups is 3. The second-order valence-electron chi connectivity index (χ2n) is 12.0. The van der Waals surface area contributed by atoms with Crippen molar-refractivity contribution in [2.24, 2.45) is 11.3 Å². The van der Waals surface area contributed by atoms with Crippen LogP contribution in [0.4, 0.5) is 18.9 Å². The van der Waals surface area contributed by atoms with Crippen molar-refractivity contribution in [1.29, 1.82) is 0 Å². The molecule has 0 aliphatic carbocycles.